The molecule has 1 rings (SSSR count). The summed E-state index contributed by atoms with van der Waals surface area (Å²) in [5.74, 6) is 0. The maximum atomic E-state index is 2.25. The van der Waals surface area contributed by atoms with Gasteiger partial charge in [0.15, 0.2) is 0 Å². The van der Waals surface area contributed by atoms with E-state index in [1.54, 1.807) is 0 Å². The van der Waals surface area contributed by atoms with Crippen LogP contribution >= 0.6 is 0 Å². The Hall–Kier alpha value is -1.04. The second kappa shape index (κ2) is 8.55. The summed E-state index contributed by atoms with van der Waals surface area (Å²) in [6, 6.07) is 0. The van der Waals surface area contributed by atoms with E-state index in [1.165, 1.54) is 25.7 Å². The molecule has 0 spiro atoms. The van der Waals surface area contributed by atoms with Crippen LogP contribution in [0.4, 0.5) is 0 Å². The van der Waals surface area contributed by atoms with Crippen LogP contribution in [-0.4, -0.2) is 0 Å². The minimum Gasteiger partial charge on any atom is -0.0879 e. The Morgan fingerprint density at radius 3 is 2.00 bits per heavy atom. The second-order valence-electron chi connectivity index (χ2n) is 3.43. The van der Waals surface area contributed by atoms with Crippen LogP contribution in [0.15, 0.2) is 48.6 Å². The first-order chi connectivity index (χ1) is 7.00. The highest BCUT2D eigenvalue weighted by molar-refractivity contribution is 5.11. The first-order valence-electron chi connectivity index (χ1n) is 5.47. The molecule has 1 aliphatic carbocycles. The van der Waals surface area contributed by atoms with Gasteiger partial charge in [-0.25, -0.2) is 0 Å². The predicted molar refractivity (Wildman–Crippen MR) is 63.9 cm³/mol. The minimum atomic E-state index is 1.02. The molecule has 0 saturated heterocycles. The van der Waals surface area contributed by atoms with E-state index in [4.69, 9.17) is 0 Å². The fourth-order valence-electron chi connectivity index (χ4n) is 1.33. The summed E-state index contributed by atoms with van der Waals surface area (Å²) in [5, 5.41) is 0. The van der Waals surface area contributed by atoms with Gasteiger partial charge in [0, 0.05) is 6.42 Å². The Bertz CT molecular complexity index is 228. The van der Waals surface area contributed by atoms with Gasteiger partial charge in [0.05, 0.1) is 0 Å². The number of hydrogen-bond donors (Lipinski definition) is 0. The van der Waals surface area contributed by atoms with E-state index in [1.807, 2.05) is 0 Å². The molecule has 0 fully saturated rings. The maximum absolute atomic E-state index is 2.25. The SMILES string of the molecule is [CH]1/C=C\CCCC/C=C\C=C\C/C=C/1. The molecule has 0 atom stereocenters. The van der Waals surface area contributed by atoms with Crippen molar-refractivity contribution in [2.24, 2.45) is 0 Å². The van der Waals surface area contributed by atoms with E-state index >= 15 is 0 Å². The Labute approximate surface area is 87.7 Å². The highest BCUT2D eigenvalue weighted by Crippen LogP contribution is 2.03. The van der Waals surface area contributed by atoms with Crippen molar-refractivity contribution in [3.05, 3.63) is 55.0 Å². The van der Waals surface area contributed by atoms with Crippen LogP contribution < -0.4 is 0 Å². The van der Waals surface area contributed by atoms with Gasteiger partial charge in [-0.05, 0) is 32.1 Å². The summed E-state index contributed by atoms with van der Waals surface area (Å²) in [7, 11) is 0. The topological polar surface area (TPSA) is 0 Å². The van der Waals surface area contributed by atoms with Crippen LogP contribution in [-0.2, 0) is 0 Å². The van der Waals surface area contributed by atoms with Crippen LogP contribution in [0.1, 0.15) is 32.1 Å². The van der Waals surface area contributed by atoms with E-state index < -0.39 is 0 Å². The Balaban J connectivity index is 2.35. The molecule has 75 valence electrons. The standard InChI is InChI=1S/C14H19/c1-2-4-6-8-10-12-14-13-11-9-7-5-3-1/h1-5,8,10,12,14H,6-7,9,11,13H2/b4-2+,5-3-,10-8+,14-12-. The summed E-state index contributed by atoms with van der Waals surface area (Å²) in [6.45, 7) is 0. The molecule has 0 heteroatoms. The predicted octanol–water partition coefficient (Wildman–Crippen LogP) is 4.38. The summed E-state index contributed by atoms with van der Waals surface area (Å²) in [5.41, 5.74) is 0. The molecule has 0 heterocycles. The van der Waals surface area contributed by atoms with E-state index in [0.717, 1.165) is 6.42 Å². The number of allylic oxidation sites excluding steroid dienone is 8. The molecular weight excluding hydrogens is 168 g/mol. The average Bonchev–Trinajstić information content (AvgIpc) is 2.22. The lowest BCUT2D eigenvalue weighted by atomic mass is 10.1. The van der Waals surface area contributed by atoms with E-state index in [2.05, 4.69) is 55.0 Å². The van der Waals surface area contributed by atoms with Gasteiger partial charge in [-0.2, -0.15) is 0 Å². The first-order valence-corrected chi connectivity index (χ1v) is 5.47. The molecule has 0 saturated carbocycles. The van der Waals surface area contributed by atoms with Gasteiger partial charge in [0.1, 0.15) is 0 Å². The lowest BCUT2D eigenvalue weighted by Gasteiger charge is -1.92. The molecule has 0 bridgehead atoms. The fraction of sp³-hybridized carbons (Fsp3) is 0.357. The zero-order chi connectivity index (χ0) is 9.90. The minimum absolute atomic E-state index is 1.02. The normalized spacial score (nSPS) is 28.6. The van der Waals surface area contributed by atoms with Crippen LogP contribution in [0.5, 0.6) is 0 Å². The van der Waals surface area contributed by atoms with Gasteiger partial charge >= 0.3 is 0 Å². The van der Waals surface area contributed by atoms with Crippen molar-refractivity contribution in [2.45, 2.75) is 32.1 Å². The van der Waals surface area contributed by atoms with Gasteiger partial charge in [-0.1, -0.05) is 48.6 Å². The lowest BCUT2D eigenvalue weighted by molar-refractivity contribution is 0.762. The third kappa shape index (κ3) is 6.47. The molecule has 0 amide bonds. The van der Waals surface area contributed by atoms with Crippen LogP contribution in [0.3, 0.4) is 0 Å². The van der Waals surface area contributed by atoms with E-state index in [9.17, 15) is 0 Å². The molecule has 14 heavy (non-hydrogen) atoms. The molecular formula is C14H19. The largest absolute Gasteiger partial charge is 0.0879 e. The average molecular weight is 187 g/mol. The third-order valence-electron chi connectivity index (χ3n) is 2.14. The Morgan fingerprint density at radius 2 is 1.14 bits per heavy atom. The highest BCUT2D eigenvalue weighted by atomic mass is 13.9. The zero-order valence-electron chi connectivity index (χ0n) is 8.73. The van der Waals surface area contributed by atoms with Crippen molar-refractivity contribution in [1.29, 1.82) is 0 Å². The van der Waals surface area contributed by atoms with Gasteiger partial charge in [0.2, 0.25) is 0 Å². The van der Waals surface area contributed by atoms with Crippen molar-refractivity contribution in [2.75, 3.05) is 0 Å². The highest BCUT2D eigenvalue weighted by Gasteiger charge is 1.83. The van der Waals surface area contributed by atoms with E-state index in [0.29, 0.717) is 0 Å². The second-order valence-corrected chi connectivity index (χ2v) is 3.43. The maximum Gasteiger partial charge on any atom is 0.00442 e. The molecule has 0 aromatic heterocycles. The smallest absolute Gasteiger partial charge is 0.00442 e. The number of hydrogen-bond acceptors (Lipinski definition) is 0. The molecule has 1 radical (unpaired) electrons. The lowest BCUT2D eigenvalue weighted by Crippen LogP contribution is -1.73. The zero-order valence-corrected chi connectivity index (χ0v) is 8.73. The van der Waals surface area contributed by atoms with Gasteiger partial charge in [0.25, 0.3) is 0 Å². The third-order valence-corrected chi connectivity index (χ3v) is 2.14. The molecule has 0 aromatic rings. The van der Waals surface area contributed by atoms with Crippen molar-refractivity contribution in [3.8, 4) is 0 Å². The monoisotopic (exact) mass is 187 g/mol. The Kier molecular flexibility index (Phi) is 6.74. The Morgan fingerprint density at radius 1 is 0.571 bits per heavy atom. The van der Waals surface area contributed by atoms with Gasteiger partial charge in [-0.15, -0.1) is 0 Å². The molecule has 0 aliphatic heterocycles. The van der Waals surface area contributed by atoms with Crippen molar-refractivity contribution >= 4 is 0 Å². The summed E-state index contributed by atoms with van der Waals surface area (Å²) in [6.07, 6.45) is 25.5. The van der Waals surface area contributed by atoms with Gasteiger partial charge < -0.3 is 0 Å². The quantitative estimate of drug-likeness (QED) is 0.528. The van der Waals surface area contributed by atoms with Crippen molar-refractivity contribution < 1.29 is 0 Å². The summed E-state index contributed by atoms with van der Waals surface area (Å²) in [4.78, 5) is 0. The van der Waals surface area contributed by atoms with Crippen molar-refractivity contribution in [3.63, 3.8) is 0 Å². The number of rotatable bonds is 0. The molecule has 0 nitrogen and oxygen atoms in total. The van der Waals surface area contributed by atoms with Crippen LogP contribution in [0.25, 0.3) is 0 Å². The van der Waals surface area contributed by atoms with E-state index in [-0.39, 0.29) is 0 Å². The molecule has 0 aromatic carbocycles. The molecule has 1 aliphatic rings. The van der Waals surface area contributed by atoms with Crippen molar-refractivity contribution in [1.82, 2.24) is 0 Å². The van der Waals surface area contributed by atoms with Crippen LogP contribution in [0, 0.1) is 6.42 Å². The first kappa shape index (κ1) is 11.0. The summed E-state index contributed by atoms with van der Waals surface area (Å²) >= 11 is 0. The molecule has 0 unspecified atom stereocenters. The van der Waals surface area contributed by atoms with Crippen LogP contribution in [0.2, 0.25) is 0 Å². The fourth-order valence-corrected chi connectivity index (χ4v) is 1.33. The summed E-state index contributed by atoms with van der Waals surface area (Å²) < 4.78 is 0. The van der Waals surface area contributed by atoms with Gasteiger partial charge in [-0.3, -0.25) is 0 Å². The molecule has 0 N–H and O–H groups in total.